The van der Waals surface area contributed by atoms with Crippen molar-refractivity contribution < 1.29 is 32.2 Å². The van der Waals surface area contributed by atoms with Gasteiger partial charge in [-0.25, -0.2) is 4.98 Å². The van der Waals surface area contributed by atoms with E-state index in [-0.39, 0.29) is 25.9 Å². The fourth-order valence-corrected chi connectivity index (χ4v) is 3.62. The number of rotatable bonds is 7. The van der Waals surface area contributed by atoms with Crippen LogP contribution in [0.15, 0.2) is 18.3 Å². The van der Waals surface area contributed by atoms with Crippen molar-refractivity contribution in [1.82, 2.24) is 20.2 Å². The Morgan fingerprint density at radius 3 is 2.73 bits per heavy atom. The number of carbonyl (C=O) groups is 2. The first-order valence-corrected chi connectivity index (χ1v) is 10.3. The number of aryl methyl sites for hydroxylation is 1. The van der Waals surface area contributed by atoms with Crippen LogP contribution in [0.4, 0.5) is 30.8 Å². The zero-order valence-corrected chi connectivity index (χ0v) is 18.3. The fraction of sp³-hybridized carbons (Fsp3) is 0.550. The van der Waals surface area contributed by atoms with Crippen molar-refractivity contribution in [2.24, 2.45) is 11.8 Å². The first-order chi connectivity index (χ1) is 15.5. The van der Waals surface area contributed by atoms with E-state index in [1.54, 1.807) is 30.2 Å². The van der Waals surface area contributed by atoms with Crippen LogP contribution in [0, 0.1) is 18.8 Å². The Kier molecular flexibility index (Phi) is 7.39. The predicted octanol–water partition coefficient (Wildman–Crippen LogP) is 2.75. The van der Waals surface area contributed by atoms with Gasteiger partial charge in [-0.2, -0.15) is 23.3 Å². The number of hydrogen-bond donors (Lipinski definition) is 2. The Hall–Kier alpha value is -3.38. The maximum atomic E-state index is 12.7. The van der Waals surface area contributed by atoms with E-state index in [0.29, 0.717) is 23.3 Å². The van der Waals surface area contributed by atoms with Crippen LogP contribution >= 0.6 is 0 Å². The summed E-state index contributed by atoms with van der Waals surface area (Å²) in [4.78, 5) is 35.0. The number of alkyl halides is 3. The Balaban J connectivity index is 1.77. The van der Waals surface area contributed by atoms with E-state index >= 15 is 0 Å². The number of piperidine rings is 1. The number of H-pyrrole nitrogens is 1. The minimum Gasteiger partial charge on any atom is -0.469 e. The first kappa shape index (κ1) is 24.3. The SMILES string of the molecule is COC(=O)[C@@H]1C[C@@H](CC(=O)O[C@@H](C)C(F)(F)F)CN(c2nc(C)cc(Nc3ccn[nH]3)n2)C1. The van der Waals surface area contributed by atoms with Crippen LogP contribution in [0.5, 0.6) is 0 Å². The molecule has 13 heteroatoms. The summed E-state index contributed by atoms with van der Waals surface area (Å²) >= 11 is 0. The highest BCUT2D eigenvalue weighted by Gasteiger charge is 2.40. The van der Waals surface area contributed by atoms with E-state index in [1.807, 2.05) is 0 Å². The summed E-state index contributed by atoms with van der Waals surface area (Å²) in [5, 5.41) is 9.68. The van der Waals surface area contributed by atoms with E-state index in [0.717, 1.165) is 6.92 Å². The van der Waals surface area contributed by atoms with Gasteiger partial charge >= 0.3 is 18.1 Å². The van der Waals surface area contributed by atoms with E-state index in [9.17, 15) is 22.8 Å². The highest BCUT2D eigenvalue weighted by molar-refractivity contribution is 5.74. The summed E-state index contributed by atoms with van der Waals surface area (Å²) in [6.45, 7) is 3.05. The molecule has 0 unspecified atom stereocenters. The fourth-order valence-electron chi connectivity index (χ4n) is 3.62. The maximum Gasteiger partial charge on any atom is 0.425 e. The second-order valence-electron chi connectivity index (χ2n) is 7.89. The molecule has 3 heterocycles. The minimum absolute atomic E-state index is 0.240. The van der Waals surface area contributed by atoms with E-state index in [2.05, 4.69) is 30.2 Å². The second kappa shape index (κ2) is 10.0. The number of aromatic nitrogens is 4. The largest absolute Gasteiger partial charge is 0.469 e. The Bertz CT molecular complexity index is 969. The molecule has 0 bridgehead atoms. The van der Waals surface area contributed by atoms with Gasteiger partial charge in [-0.1, -0.05) is 0 Å². The molecule has 0 saturated carbocycles. The molecule has 33 heavy (non-hydrogen) atoms. The Morgan fingerprint density at radius 1 is 1.33 bits per heavy atom. The number of esters is 2. The minimum atomic E-state index is -4.64. The number of anilines is 3. The lowest BCUT2D eigenvalue weighted by molar-refractivity contribution is -0.216. The Morgan fingerprint density at radius 2 is 2.09 bits per heavy atom. The summed E-state index contributed by atoms with van der Waals surface area (Å²) in [7, 11) is 1.26. The van der Waals surface area contributed by atoms with Gasteiger partial charge in [0.25, 0.3) is 0 Å². The molecule has 1 fully saturated rings. The van der Waals surface area contributed by atoms with Gasteiger partial charge in [-0.05, 0) is 26.2 Å². The molecule has 1 saturated heterocycles. The van der Waals surface area contributed by atoms with Crippen molar-refractivity contribution in [1.29, 1.82) is 0 Å². The van der Waals surface area contributed by atoms with Crippen LogP contribution in [0.25, 0.3) is 0 Å². The van der Waals surface area contributed by atoms with Crippen molar-refractivity contribution in [3.05, 3.63) is 24.0 Å². The third kappa shape index (κ3) is 6.56. The van der Waals surface area contributed by atoms with Crippen LogP contribution < -0.4 is 10.2 Å². The molecule has 0 aromatic carbocycles. The summed E-state index contributed by atoms with van der Waals surface area (Å²) in [5.41, 5.74) is 0.650. The number of carbonyl (C=O) groups excluding carboxylic acids is 2. The third-order valence-corrected chi connectivity index (χ3v) is 5.18. The Labute approximate surface area is 187 Å². The van der Waals surface area contributed by atoms with Crippen molar-refractivity contribution in [3.63, 3.8) is 0 Å². The maximum absolute atomic E-state index is 12.7. The van der Waals surface area contributed by atoms with E-state index in [1.165, 1.54) is 7.11 Å². The average molecular weight is 470 g/mol. The zero-order valence-electron chi connectivity index (χ0n) is 18.3. The number of hydrogen-bond acceptors (Lipinski definition) is 9. The van der Waals surface area contributed by atoms with Gasteiger partial charge < -0.3 is 19.7 Å². The molecule has 2 N–H and O–H groups in total. The lowest BCUT2D eigenvalue weighted by Crippen LogP contribution is -2.45. The van der Waals surface area contributed by atoms with Gasteiger partial charge in [-0.15, -0.1) is 0 Å². The van der Waals surface area contributed by atoms with Crippen molar-refractivity contribution in [3.8, 4) is 0 Å². The monoisotopic (exact) mass is 470 g/mol. The number of aromatic amines is 1. The standard InChI is InChI=1S/C20H25F3N6O4/c1-11-6-16(26-15-4-5-24-28-15)27-19(25-11)29-9-13(7-14(10-29)18(31)32-3)8-17(30)33-12(2)20(21,22)23/h4-6,12-14H,7-10H2,1-3H3,(H2,24,25,26,27,28)/t12-,13-,14+/m0/s1. The molecule has 2 aromatic rings. The van der Waals surface area contributed by atoms with Gasteiger partial charge in [0.1, 0.15) is 11.6 Å². The molecule has 180 valence electrons. The molecule has 0 spiro atoms. The molecule has 0 radical (unpaired) electrons. The summed E-state index contributed by atoms with van der Waals surface area (Å²) in [5.74, 6) is -1.11. The zero-order chi connectivity index (χ0) is 24.2. The summed E-state index contributed by atoms with van der Waals surface area (Å²) in [6, 6.07) is 3.44. The highest BCUT2D eigenvalue weighted by atomic mass is 19.4. The number of nitrogens with one attached hydrogen (secondary N) is 2. The molecular formula is C20H25F3N6O4. The lowest BCUT2D eigenvalue weighted by Gasteiger charge is -2.36. The molecule has 10 nitrogen and oxygen atoms in total. The van der Waals surface area contributed by atoms with Crippen LogP contribution in [0.3, 0.4) is 0 Å². The predicted molar refractivity (Wildman–Crippen MR) is 111 cm³/mol. The quantitative estimate of drug-likeness (QED) is 0.588. The van der Waals surface area contributed by atoms with Crippen molar-refractivity contribution >= 4 is 29.5 Å². The van der Waals surface area contributed by atoms with Crippen molar-refractivity contribution in [2.75, 3.05) is 30.4 Å². The second-order valence-corrected chi connectivity index (χ2v) is 7.89. The van der Waals surface area contributed by atoms with E-state index < -0.39 is 36.1 Å². The smallest absolute Gasteiger partial charge is 0.425 e. The van der Waals surface area contributed by atoms with Gasteiger partial charge in [0.05, 0.1) is 25.6 Å². The summed E-state index contributed by atoms with van der Waals surface area (Å²) < 4.78 is 47.6. The molecule has 0 aliphatic carbocycles. The number of nitrogens with zero attached hydrogens (tertiary/aromatic N) is 4. The molecule has 0 amide bonds. The van der Waals surface area contributed by atoms with Crippen LogP contribution in [0.2, 0.25) is 0 Å². The van der Waals surface area contributed by atoms with Crippen LogP contribution in [0.1, 0.15) is 25.5 Å². The number of methoxy groups -OCH3 is 1. The first-order valence-electron chi connectivity index (χ1n) is 10.3. The molecule has 3 atom stereocenters. The third-order valence-electron chi connectivity index (χ3n) is 5.18. The topological polar surface area (TPSA) is 122 Å². The van der Waals surface area contributed by atoms with Gasteiger partial charge in [0.15, 0.2) is 6.10 Å². The lowest BCUT2D eigenvalue weighted by atomic mass is 9.87. The highest BCUT2D eigenvalue weighted by Crippen LogP contribution is 2.30. The molecule has 1 aliphatic rings. The molecule has 1 aliphatic heterocycles. The van der Waals surface area contributed by atoms with Gasteiger partial charge in [0, 0.05) is 30.9 Å². The van der Waals surface area contributed by atoms with Crippen LogP contribution in [-0.4, -0.2) is 64.6 Å². The van der Waals surface area contributed by atoms with Gasteiger partial charge in [-0.3, -0.25) is 14.7 Å². The molecule has 3 rings (SSSR count). The average Bonchev–Trinajstić information content (AvgIpc) is 3.24. The van der Waals surface area contributed by atoms with Crippen LogP contribution in [-0.2, 0) is 19.1 Å². The van der Waals surface area contributed by atoms with E-state index in [4.69, 9.17) is 4.74 Å². The van der Waals surface area contributed by atoms with Crippen molar-refractivity contribution in [2.45, 2.75) is 39.0 Å². The molecule has 2 aromatic heterocycles. The number of halogens is 3. The summed E-state index contributed by atoms with van der Waals surface area (Å²) in [6.07, 6.45) is -5.29. The van der Waals surface area contributed by atoms with Gasteiger partial charge in [0.2, 0.25) is 5.95 Å². The normalized spacial score (nSPS) is 19.6. The number of ether oxygens (including phenoxy) is 2. The molecular weight excluding hydrogens is 445 g/mol.